The van der Waals surface area contributed by atoms with E-state index in [1.165, 1.54) is 12.3 Å². The van der Waals surface area contributed by atoms with Crippen LogP contribution in [0.5, 0.6) is 0 Å². The van der Waals surface area contributed by atoms with Crippen LogP contribution in [0, 0.1) is 0 Å². The highest BCUT2D eigenvalue weighted by Gasteiger charge is 2.61. The molecular formula is C20H27ClF3N3O2. The van der Waals surface area contributed by atoms with Crippen LogP contribution in [-0.4, -0.2) is 64.6 Å². The van der Waals surface area contributed by atoms with E-state index in [1.54, 1.807) is 0 Å². The molecule has 2 aliphatic heterocycles. The Balaban J connectivity index is 0.00000240. The monoisotopic (exact) mass is 433 g/mol. The fraction of sp³-hybridized carbons (Fsp3) is 0.700. The molecular weight excluding hydrogens is 407 g/mol. The van der Waals surface area contributed by atoms with E-state index in [4.69, 9.17) is 4.74 Å². The molecule has 0 unspecified atom stereocenters. The van der Waals surface area contributed by atoms with Crippen molar-refractivity contribution in [3.05, 3.63) is 29.6 Å². The van der Waals surface area contributed by atoms with Gasteiger partial charge in [-0.05, 0) is 44.7 Å². The van der Waals surface area contributed by atoms with Gasteiger partial charge in [0.05, 0.1) is 16.9 Å². The number of hydrogen-bond acceptors (Lipinski definition) is 4. The van der Waals surface area contributed by atoms with Gasteiger partial charge in [-0.15, -0.1) is 12.4 Å². The number of nitrogens with zero attached hydrogens (tertiary/aromatic N) is 3. The zero-order chi connectivity index (χ0) is 20.0. The second-order valence-electron chi connectivity index (χ2n) is 8.19. The van der Waals surface area contributed by atoms with Gasteiger partial charge in [-0.25, -0.2) is 0 Å². The summed E-state index contributed by atoms with van der Waals surface area (Å²) in [6, 6.07) is 2.42. The van der Waals surface area contributed by atoms with Crippen molar-refractivity contribution in [2.24, 2.45) is 0 Å². The van der Waals surface area contributed by atoms with Crippen molar-refractivity contribution in [3.63, 3.8) is 0 Å². The maximum Gasteiger partial charge on any atom is 0.418 e. The van der Waals surface area contributed by atoms with Crippen molar-refractivity contribution in [2.45, 2.75) is 56.4 Å². The van der Waals surface area contributed by atoms with Crippen LogP contribution in [0.2, 0.25) is 0 Å². The largest absolute Gasteiger partial charge is 0.418 e. The number of alkyl halides is 3. The first-order valence-corrected chi connectivity index (χ1v) is 10.00. The molecule has 3 heterocycles. The number of ether oxygens (including phenoxy) is 1. The van der Waals surface area contributed by atoms with Crippen LogP contribution in [0.1, 0.15) is 43.9 Å². The lowest BCUT2D eigenvalue weighted by Gasteiger charge is -2.50. The first-order valence-electron chi connectivity index (χ1n) is 10.00. The SMILES string of the molecule is CCN1CC2(CCN(CCc3ncccc3C(F)(F)F)CC2)OC2(CC2)C1=O.Cl. The molecule has 4 rings (SSSR count). The highest BCUT2D eigenvalue weighted by molar-refractivity contribution is 5.89. The maximum absolute atomic E-state index is 13.1. The molecule has 2 spiro atoms. The second-order valence-corrected chi connectivity index (χ2v) is 8.19. The highest BCUT2D eigenvalue weighted by Crippen LogP contribution is 2.49. The van der Waals surface area contributed by atoms with Crippen molar-refractivity contribution in [3.8, 4) is 0 Å². The van der Waals surface area contributed by atoms with Crippen LogP contribution >= 0.6 is 12.4 Å². The normalized spacial score (nSPS) is 23.3. The van der Waals surface area contributed by atoms with Crippen LogP contribution in [0.3, 0.4) is 0 Å². The third-order valence-electron chi connectivity index (χ3n) is 6.28. The van der Waals surface area contributed by atoms with Gasteiger partial charge in [0.1, 0.15) is 5.60 Å². The molecule has 0 N–H and O–H groups in total. The first kappa shape index (κ1) is 22.3. The molecule has 29 heavy (non-hydrogen) atoms. The lowest BCUT2D eigenvalue weighted by molar-refractivity contribution is -0.200. The predicted octanol–water partition coefficient (Wildman–Crippen LogP) is 3.31. The van der Waals surface area contributed by atoms with Crippen molar-refractivity contribution in [1.82, 2.24) is 14.8 Å². The number of morpholine rings is 1. The summed E-state index contributed by atoms with van der Waals surface area (Å²) >= 11 is 0. The number of aromatic nitrogens is 1. The Morgan fingerprint density at radius 2 is 1.90 bits per heavy atom. The van der Waals surface area contributed by atoms with Gasteiger partial charge < -0.3 is 14.5 Å². The van der Waals surface area contributed by atoms with Crippen molar-refractivity contribution >= 4 is 18.3 Å². The topological polar surface area (TPSA) is 45.7 Å². The summed E-state index contributed by atoms with van der Waals surface area (Å²) in [6.07, 6.45) is 0.505. The van der Waals surface area contributed by atoms with Gasteiger partial charge in [-0.1, -0.05) is 0 Å². The molecule has 0 radical (unpaired) electrons. The van der Waals surface area contributed by atoms with E-state index < -0.39 is 17.3 Å². The molecule has 1 aromatic rings. The number of piperidine rings is 1. The molecule has 0 bridgehead atoms. The van der Waals surface area contributed by atoms with Gasteiger partial charge in [-0.3, -0.25) is 9.78 Å². The zero-order valence-electron chi connectivity index (χ0n) is 16.5. The number of rotatable bonds is 4. The van der Waals surface area contributed by atoms with Gasteiger partial charge in [-0.2, -0.15) is 13.2 Å². The summed E-state index contributed by atoms with van der Waals surface area (Å²) in [5, 5.41) is 0. The third-order valence-corrected chi connectivity index (χ3v) is 6.28. The molecule has 3 fully saturated rings. The van der Waals surface area contributed by atoms with Crippen molar-refractivity contribution in [2.75, 3.05) is 32.7 Å². The molecule has 2 saturated heterocycles. The summed E-state index contributed by atoms with van der Waals surface area (Å²) in [5.74, 6) is 0.123. The minimum absolute atomic E-state index is 0. The second kappa shape index (κ2) is 8.04. The zero-order valence-corrected chi connectivity index (χ0v) is 17.3. The Morgan fingerprint density at radius 3 is 2.48 bits per heavy atom. The average molecular weight is 434 g/mol. The van der Waals surface area contributed by atoms with Crippen LogP contribution in [0.15, 0.2) is 18.3 Å². The molecule has 162 valence electrons. The predicted molar refractivity (Wildman–Crippen MR) is 104 cm³/mol. The Hall–Kier alpha value is -1.38. The smallest absolute Gasteiger partial charge is 0.357 e. The molecule has 0 atom stereocenters. The van der Waals surface area contributed by atoms with Crippen LogP contribution in [0.4, 0.5) is 13.2 Å². The quantitative estimate of drug-likeness (QED) is 0.730. The van der Waals surface area contributed by atoms with Gasteiger partial charge >= 0.3 is 6.18 Å². The Labute approximate surface area is 175 Å². The highest BCUT2D eigenvalue weighted by atomic mass is 35.5. The summed E-state index contributed by atoms with van der Waals surface area (Å²) in [7, 11) is 0. The lowest BCUT2D eigenvalue weighted by atomic mass is 9.87. The number of pyridine rings is 1. The van der Waals surface area contributed by atoms with E-state index in [2.05, 4.69) is 9.88 Å². The van der Waals surface area contributed by atoms with Crippen LogP contribution < -0.4 is 0 Å². The number of carbonyl (C=O) groups excluding carboxylic acids is 1. The maximum atomic E-state index is 13.1. The fourth-order valence-corrected chi connectivity index (χ4v) is 4.49. The van der Waals surface area contributed by atoms with E-state index in [-0.39, 0.29) is 36.0 Å². The number of likely N-dealkylation sites (tertiary alicyclic amines) is 1. The van der Waals surface area contributed by atoms with Gasteiger partial charge in [0.2, 0.25) is 0 Å². The summed E-state index contributed by atoms with van der Waals surface area (Å²) in [4.78, 5) is 20.5. The number of halogens is 4. The van der Waals surface area contributed by atoms with Gasteiger partial charge in [0.15, 0.2) is 0 Å². The van der Waals surface area contributed by atoms with E-state index in [0.29, 0.717) is 19.6 Å². The van der Waals surface area contributed by atoms with E-state index in [0.717, 1.165) is 44.8 Å². The van der Waals surface area contributed by atoms with Crippen LogP contribution in [0.25, 0.3) is 0 Å². The van der Waals surface area contributed by atoms with E-state index in [1.807, 2.05) is 11.8 Å². The molecule has 5 nitrogen and oxygen atoms in total. The molecule has 9 heteroatoms. The van der Waals surface area contributed by atoms with Crippen LogP contribution in [-0.2, 0) is 22.1 Å². The number of likely N-dealkylation sites (N-methyl/N-ethyl adjacent to an activating group) is 1. The summed E-state index contributed by atoms with van der Waals surface area (Å²) in [5.41, 5.74) is -1.44. The molecule has 1 aliphatic carbocycles. The number of carbonyl (C=O) groups is 1. The Kier molecular flexibility index (Phi) is 6.18. The first-order chi connectivity index (χ1) is 13.3. The fourth-order valence-electron chi connectivity index (χ4n) is 4.49. The minimum Gasteiger partial charge on any atom is -0.357 e. The van der Waals surface area contributed by atoms with Gasteiger partial charge in [0, 0.05) is 45.3 Å². The molecule has 3 aliphatic rings. The average Bonchev–Trinajstić information content (AvgIpc) is 3.44. The van der Waals surface area contributed by atoms with Gasteiger partial charge in [0.25, 0.3) is 5.91 Å². The standard InChI is InChI=1S/C20H26F3N3O2.ClH/c1-2-26-14-18(28-19(6-7-19)17(26)27)8-12-25(13-9-18)11-5-16-15(20(21,22)23)4-3-10-24-16;/h3-4,10H,2,5-9,11-14H2,1H3;1H. The lowest BCUT2D eigenvalue weighted by Crippen LogP contribution is -2.62. The Morgan fingerprint density at radius 1 is 1.21 bits per heavy atom. The molecule has 1 aromatic heterocycles. The van der Waals surface area contributed by atoms with E-state index >= 15 is 0 Å². The van der Waals surface area contributed by atoms with Crippen molar-refractivity contribution in [1.29, 1.82) is 0 Å². The summed E-state index contributed by atoms with van der Waals surface area (Å²) in [6.45, 7) is 5.36. The molecule has 1 amide bonds. The Bertz CT molecular complexity index is 747. The van der Waals surface area contributed by atoms with E-state index in [9.17, 15) is 18.0 Å². The number of amides is 1. The minimum atomic E-state index is -4.37. The molecule has 0 aromatic carbocycles. The third kappa shape index (κ3) is 4.39. The molecule has 1 saturated carbocycles. The van der Waals surface area contributed by atoms with Crippen molar-refractivity contribution < 1.29 is 22.7 Å². The summed E-state index contributed by atoms with van der Waals surface area (Å²) < 4.78 is 45.7. The number of hydrogen-bond donors (Lipinski definition) is 0.